The number of hydrogen-bond acceptors (Lipinski definition) is 5. The highest BCUT2D eigenvalue weighted by molar-refractivity contribution is 7.92. The maximum Gasteiger partial charge on any atom is 0.271 e. The summed E-state index contributed by atoms with van der Waals surface area (Å²) < 4.78 is 40.4. The Bertz CT molecular complexity index is 313. The first-order valence-electron chi connectivity index (χ1n) is 6.07. The van der Waals surface area contributed by atoms with Crippen molar-refractivity contribution in [1.82, 2.24) is 0 Å². The molecule has 17 heavy (non-hydrogen) atoms. The third kappa shape index (κ3) is 3.64. The normalized spacial score (nSPS) is 21.9. The highest BCUT2D eigenvalue weighted by Gasteiger charge is 2.43. The van der Waals surface area contributed by atoms with Gasteiger partial charge in [-0.2, -0.15) is 0 Å². The van der Waals surface area contributed by atoms with Gasteiger partial charge in [0.1, 0.15) is 0 Å². The summed E-state index contributed by atoms with van der Waals surface area (Å²) in [5, 5.41) is -1.55. The van der Waals surface area contributed by atoms with Gasteiger partial charge in [0.25, 0.3) is 5.12 Å². The van der Waals surface area contributed by atoms with Gasteiger partial charge in [-0.15, -0.1) is 0 Å². The van der Waals surface area contributed by atoms with E-state index < -0.39 is 15.0 Å². The predicted octanol–water partition coefficient (Wildman–Crippen LogP) is 1.33. The van der Waals surface area contributed by atoms with Crippen LogP contribution < -0.4 is 0 Å². The lowest BCUT2D eigenvalue weighted by atomic mass is 10.3. The first-order chi connectivity index (χ1) is 7.95. The van der Waals surface area contributed by atoms with Gasteiger partial charge in [0, 0.05) is 26.7 Å². The van der Waals surface area contributed by atoms with Crippen molar-refractivity contribution >= 4 is 9.84 Å². The number of sulfone groups is 1. The second kappa shape index (κ2) is 6.13. The van der Waals surface area contributed by atoms with Gasteiger partial charge in [0.2, 0.25) is 9.84 Å². The maximum absolute atomic E-state index is 12.3. The van der Waals surface area contributed by atoms with Crippen molar-refractivity contribution in [3.8, 4) is 0 Å². The second-order valence-electron chi connectivity index (χ2n) is 4.14. The van der Waals surface area contributed by atoms with Gasteiger partial charge in [-0.05, 0) is 26.7 Å². The summed E-state index contributed by atoms with van der Waals surface area (Å²) in [6, 6.07) is 0. The van der Waals surface area contributed by atoms with Gasteiger partial charge in [-0.1, -0.05) is 0 Å². The molecule has 1 rings (SSSR count). The average Bonchev–Trinajstić information content (AvgIpc) is 2.70. The van der Waals surface area contributed by atoms with E-state index in [-0.39, 0.29) is 11.9 Å². The molecule has 1 aliphatic rings. The maximum atomic E-state index is 12.3. The van der Waals surface area contributed by atoms with E-state index in [9.17, 15) is 8.42 Å². The third-order valence-electron chi connectivity index (χ3n) is 2.81. The van der Waals surface area contributed by atoms with E-state index in [0.29, 0.717) is 19.8 Å². The molecule has 0 N–H and O–H groups in total. The summed E-state index contributed by atoms with van der Waals surface area (Å²) in [4.78, 5) is 0. The van der Waals surface area contributed by atoms with Gasteiger partial charge < -0.3 is 14.2 Å². The third-order valence-corrected chi connectivity index (χ3v) is 4.98. The van der Waals surface area contributed by atoms with Gasteiger partial charge in [0.15, 0.2) is 0 Å². The van der Waals surface area contributed by atoms with Crippen LogP contribution in [0.3, 0.4) is 0 Å². The van der Waals surface area contributed by atoms with Crippen molar-refractivity contribution in [3.05, 3.63) is 0 Å². The first kappa shape index (κ1) is 14.9. The molecule has 0 radical (unpaired) electrons. The second-order valence-corrected chi connectivity index (χ2v) is 6.45. The summed E-state index contributed by atoms with van der Waals surface area (Å²) in [6.45, 7) is 6.19. The molecule has 5 nitrogen and oxygen atoms in total. The van der Waals surface area contributed by atoms with E-state index in [1.165, 1.54) is 6.92 Å². The van der Waals surface area contributed by atoms with Crippen LogP contribution in [-0.4, -0.2) is 45.2 Å². The molecule has 1 fully saturated rings. The monoisotopic (exact) mass is 266 g/mol. The fourth-order valence-corrected chi connectivity index (χ4v) is 3.57. The molecule has 0 amide bonds. The van der Waals surface area contributed by atoms with Crippen molar-refractivity contribution in [3.63, 3.8) is 0 Å². The van der Waals surface area contributed by atoms with Gasteiger partial charge in [-0.25, -0.2) is 8.42 Å². The zero-order valence-corrected chi connectivity index (χ0v) is 11.6. The lowest BCUT2D eigenvalue weighted by Gasteiger charge is -2.29. The fraction of sp³-hybridized carbons (Fsp3) is 1.00. The fourth-order valence-electron chi connectivity index (χ4n) is 1.92. The minimum absolute atomic E-state index is 0.0382. The molecule has 1 unspecified atom stereocenters. The van der Waals surface area contributed by atoms with Crippen LogP contribution in [0.15, 0.2) is 0 Å². The molecule has 0 aromatic heterocycles. The predicted molar refractivity (Wildman–Crippen MR) is 64.4 cm³/mol. The number of rotatable bonds is 7. The lowest BCUT2D eigenvalue weighted by molar-refractivity contribution is -0.159. The Morgan fingerprint density at radius 1 is 1.29 bits per heavy atom. The van der Waals surface area contributed by atoms with E-state index >= 15 is 0 Å². The van der Waals surface area contributed by atoms with Crippen molar-refractivity contribution in [1.29, 1.82) is 0 Å². The Morgan fingerprint density at radius 3 is 2.29 bits per heavy atom. The van der Waals surface area contributed by atoms with Crippen molar-refractivity contribution in [2.75, 3.05) is 25.6 Å². The molecular formula is C11H22O5S. The summed E-state index contributed by atoms with van der Waals surface area (Å²) in [5.41, 5.74) is 0. The van der Waals surface area contributed by atoms with Crippen LogP contribution in [0.4, 0.5) is 0 Å². The minimum Gasteiger partial charge on any atom is -0.377 e. The van der Waals surface area contributed by atoms with Crippen LogP contribution in [0.2, 0.25) is 0 Å². The SMILES string of the molecule is CCOC(C)(OCC)S(=O)(=O)CC1CCCO1. The Morgan fingerprint density at radius 2 is 1.88 bits per heavy atom. The first-order valence-corrected chi connectivity index (χ1v) is 7.72. The molecule has 0 spiro atoms. The van der Waals surface area contributed by atoms with Crippen LogP contribution >= 0.6 is 0 Å². The Kier molecular flexibility index (Phi) is 5.37. The number of ether oxygens (including phenoxy) is 3. The average molecular weight is 266 g/mol. The molecular weight excluding hydrogens is 244 g/mol. The smallest absolute Gasteiger partial charge is 0.271 e. The zero-order chi connectivity index (χ0) is 12.9. The molecule has 1 aliphatic heterocycles. The topological polar surface area (TPSA) is 61.8 Å². The molecule has 102 valence electrons. The minimum atomic E-state index is -3.50. The molecule has 0 aliphatic carbocycles. The van der Waals surface area contributed by atoms with E-state index in [0.717, 1.165) is 12.8 Å². The lowest BCUT2D eigenvalue weighted by Crippen LogP contribution is -2.45. The van der Waals surface area contributed by atoms with Gasteiger partial charge >= 0.3 is 0 Å². The molecule has 1 saturated heterocycles. The molecule has 1 atom stereocenters. The van der Waals surface area contributed by atoms with E-state index in [1.807, 2.05) is 0 Å². The molecule has 0 bridgehead atoms. The standard InChI is InChI=1S/C11H22O5S/c1-4-15-11(3,16-5-2)17(12,13)9-10-7-6-8-14-10/h10H,4-9H2,1-3H3. The summed E-state index contributed by atoms with van der Waals surface area (Å²) in [5.74, 6) is -0.0382. The van der Waals surface area contributed by atoms with Crippen molar-refractivity contribution in [2.24, 2.45) is 0 Å². The highest BCUT2D eigenvalue weighted by atomic mass is 32.2. The van der Waals surface area contributed by atoms with Crippen molar-refractivity contribution < 1.29 is 22.6 Å². The Hall–Kier alpha value is -0.170. The molecule has 0 aromatic carbocycles. The summed E-state index contributed by atoms with van der Waals surface area (Å²) in [7, 11) is -3.50. The molecule has 6 heteroatoms. The number of hydrogen-bond donors (Lipinski definition) is 0. The van der Waals surface area contributed by atoms with E-state index in [2.05, 4.69) is 0 Å². The van der Waals surface area contributed by atoms with Crippen LogP contribution in [0, 0.1) is 0 Å². The Labute approximate surface area is 103 Å². The largest absolute Gasteiger partial charge is 0.377 e. The van der Waals surface area contributed by atoms with Crippen LogP contribution in [0.1, 0.15) is 33.6 Å². The molecule has 0 aromatic rings. The van der Waals surface area contributed by atoms with Gasteiger partial charge in [-0.3, -0.25) is 0 Å². The molecule has 0 saturated carbocycles. The van der Waals surface area contributed by atoms with Gasteiger partial charge in [0.05, 0.1) is 11.9 Å². The zero-order valence-electron chi connectivity index (χ0n) is 10.8. The van der Waals surface area contributed by atoms with Crippen molar-refractivity contribution in [2.45, 2.75) is 44.8 Å². The quantitative estimate of drug-likeness (QED) is 0.650. The van der Waals surface area contributed by atoms with Crippen LogP contribution in [0.5, 0.6) is 0 Å². The highest BCUT2D eigenvalue weighted by Crippen LogP contribution is 2.25. The van der Waals surface area contributed by atoms with Crippen LogP contribution in [-0.2, 0) is 24.0 Å². The van der Waals surface area contributed by atoms with E-state index in [1.54, 1.807) is 13.8 Å². The van der Waals surface area contributed by atoms with E-state index in [4.69, 9.17) is 14.2 Å². The molecule has 1 heterocycles. The van der Waals surface area contributed by atoms with Crippen LogP contribution in [0.25, 0.3) is 0 Å². The summed E-state index contributed by atoms with van der Waals surface area (Å²) >= 11 is 0. The summed E-state index contributed by atoms with van der Waals surface area (Å²) in [6.07, 6.45) is 1.48. The Balaban J connectivity index is 2.75.